The molecule has 1 fully saturated rings. The Morgan fingerprint density at radius 2 is 2.05 bits per heavy atom. The van der Waals surface area contributed by atoms with E-state index in [4.69, 9.17) is 14.6 Å². The lowest BCUT2D eigenvalue weighted by Crippen LogP contribution is -2.35. The van der Waals surface area contributed by atoms with Crippen LogP contribution in [0.2, 0.25) is 0 Å². The van der Waals surface area contributed by atoms with Gasteiger partial charge in [-0.3, -0.25) is 0 Å². The van der Waals surface area contributed by atoms with Gasteiger partial charge in [-0.2, -0.15) is 0 Å². The standard InChI is InChI=1S/C14H29NO4/c1-12-4-2-3-5-14(12)19-11-13(17)10-15-6-8-18-9-7-16/h12-17H,2-11H2,1H3/t12-,13+,14+/m1/s1. The fraction of sp³-hybridized carbons (Fsp3) is 1.00. The van der Waals surface area contributed by atoms with Crippen molar-refractivity contribution in [3.63, 3.8) is 0 Å². The normalized spacial score (nSPS) is 25.4. The van der Waals surface area contributed by atoms with Gasteiger partial charge in [0.15, 0.2) is 0 Å². The third kappa shape index (κ3) is 7.84. The quantitative estimate of drug-likeness (QED) is 0.508. The first-order chi connectivity index (χ1) is 9.24. The third-order valence-corrected chi connectivity index (χ3v) is 3.57. The summed E-state index contributed by atoms with van der Waals surface area (Å²) in [6, 6.07) is 0. The zero-order valence-corrected chi connectivity index (χ0v) is 12.0. The van der Waals surface area contributed by atoms with Crippen LogP contribution in [0.1, 0.15) is 32.6 Å². The number of nitrogens with one attached hydrogen (secondary N) is 1. The Bertz CT molecular complexity index is 216. The van der Waals surface area contributed by atoms with Gasteiger partial charge in [0.05, 0.1) is 38.6 Å². The van der Waals surface area contributed by atoms with E-state index in [1.165, 1.54) is 19.3 Å². The monoisotopic (exact) mass is 275 g/mol. The molecule has 0 bridgehead atoms. The van der Waals surface area contributed by atoms with E-state index in [2.05, 4.69) is 12.2 Å². The van der Waals surface area contributed by atoms with Crippen molar-refractivity contribution in [1.82, 2.24) is 5.32 Å². The molecule has 0 aromatic rings. The maximum atomic E-state index is 9.80. The maximum Gasteiger partial charge on any atom is 0.0897 e. The Hall–Kier alpha value is -0.200. The Morgan fingerprint density at radius 3 is 2.79 bits per heavy atom. The fourth-order valence-electron chi connectivity index (χ4n) is 2.40. The summed E-state index contributed by atoms with van der Waals surface area (Å²) in [4.78, 5) is 0. The molecule has 0 saturated heterocycles. The predicted molar refractivity (Wildman–Crippen MR) is 74.2 cm³/mol. The van der Waals surface area contributed by atoms with Gasteiger partial charge in [0, 0.05) is 13.1 Å². The fourth-order valence-corrected chi connectivity index (χ4v) is 2.40. The molecule has 3 N–H and O–H groups in total. The second kappa shape index (κ2) is 10.6. The van der Waals surface area contributed by atoms with Crippen molar-refractivity contribution in [2.24, 2.45) is 5.92 Å². The highest BCUT2D eigenvalue weighted by Gasteiger charge is 2.22. The van der Waals surface area contributed by atoms with Crippen molar-refractivity contribution >= 4 is 0 Å². The Balaban J connectivity index is 1.96. The van der Waals surface area contributed by atoms with Gasteiger partial charge in [-0.15, -0.1) is 0 Å². The number of ether oxygens (including phenoxy) is 2. The van der Waals surface area contributed by atoms with E-state index < -0.39 is 6.10 Å². The first-order valence-corrected chi connectivity index (χ1v) is 7.43. The lowest BCUT2D eigenvalue weighted by molar-refractivity contribution is -0.0453. The molecule has 0 aliphatic heterocycles. The zero-order valence-electron chi connectivity index (χ0n) is 12.0. The van der Waals surface area contributed by atoms with Gasteiger partial charge in [-0.25, -0.2) is 0 Å². The summed E-state index contributed by atoms with van der Waals surface area (Å²) in [5.74, 6) is 0.612. The van der Waals surface area contributed by atoms with Crippen LogP contribution < -0.4 is 5.32 Å². The van der Waals surface area contributed by atoms with E-state index in [-0.39, 0.29) is 6.61 Å². The maximum absolute atomic E-state index is 9.80. The van der Waals surface area contributed by atoms with Crippen molar-refractivity contribution in [3.05, 3.63) is 0 Å². The van der Waals surface area contributed by atoms with Crippen LogP contribution in [0.3, 0.4) is 0 Å². The smallest absolute Gasteiger partial charge is 0.0897 e. The van der Waals surface area contributed by atoms with Crippen molar-refractivity contribution in [2.45, 2.75) is 44.8 Å². The number of aliphatic hydroxyl groups excluding tert-OH is 2. The van der Waals surface area contributed by atoms with E-state index in [1.54, 1.807) is 0 Å². The molecular formula is C14H29NO4. The first-order valence-electron chi connectivity index (χ1n) is 7.43. The molecule has 0 spiro atoms. The molecule has 0 radical (unpaired) electrons. The van der Waals surface area contributed by atoms with Crippen LogP contribution in [0.15, 0.2) is 0 Å². The summed E-state index contributed by atoms with van der Waals surface area (Å²) in [7, 11) is 0. The molecule has 0 aromatic carbocycles. The van der Waals surface area contributed by atoms with E-state index in [0.717, 1.165) is 6.42 Å². The Labute approximate surface area is 116 Å². The molecule has 1 aliphatic carbocycles. The number of aliphatic hydroxyl groups is 2. The van der Waals surface area contributed by atoms with Gasteiger partial charge in [-0.05, 0) is 18.8 Å². The molecular weight excluding hydrogens is 246 g/mol. The zero-order chi connectivity index (χ0) is 13.9. The van der Waals surface area contributed by atoms with Crippen LogP contribution in [0.4, 0.5) is 0 Å². The molecule has 114 valence electrons. The highest BCUT2D eigenvalue weighted by Crippen LogP contribution is 2.26. The summed E-state index contributed by atoms with van der Waals surface area (Å²) >= 11 is 0. The van der Waals surface area contributed by atoms with Gasteiger partial charge in [-0.1, -0.05) is 19.8 Å². The number of hydrogen-bond donors (Lipinski definition) is 3. The summed E-state index contributed by atoms with van der Waals surface area (Å²) in [6.45, 7) is 4.80. The average molecular weight is 275 g/mol. The Kier molecular flexibility index (Phi) is 9.38. The second-order valence-corrected chi connectivity index (χ2v) is 5.33. The van der Waals surface area contributed by atoms with Crippen LogP contribution >= 0.6 is 0 Å². The van der Waals surface area contributed by atoms with E-state index >= 15 is 0 Å². The van der Waals surface area contributed by atoms with Gasteiger partial charge in [0.25, 0.3) is 0 Å². The topological polar surface area (TPSA) is 71.0 Å². The highest BCUT2D eigenvalue weighted by molar-refractivity contribution is 4.73. The predicted octanol–water partition coefficient (Wildman–Crippen LogP) is 0.541. The minimum Gasteiger partial charge on any atom is -0.394 e. The molecule has 3 atom stereocenters. The molecule has 19 heavy (non-hydrogen) atoms. The minimum atomic E-state index is -0.466. The highest BCUT2D eigenvalue weighted by atomic mass is 16.5. The summed E-state index contributed by atoms with van der Waals surface area (Å²) < 4.78 is 10.9. The van der Waals surface area contributed by atoms with Gasteiger partial charge in [0.2, 0.25) is 0 Å². The van der Waals surface area contributed by atoms with Crippen molar-refractivity contribution in [2.75, 3.05) is 39.5 Å². The van der Waals surface area contributed by atoms with Crippen LogP contribution in [0, 0.1) is 5.92 Å². The SMILES string of the molecule is C[C@@H]1CCCC[C@@H]1OC[C@@H](O)CNCCOCCO. The molecule has 0 unspecified atom stereocenters. The minimum absolute atomic E-state index is 0.0516. The van der Waals surface area contributed by atoms with Gasteiger partial charge in [0.1, 0.15) is 0 Å². The summed E-state index contributed by atoms with van der Waals surface area (Å²) in [6.07, 6.45) is 4.76. The molecule has 5 nitrogen and oxygen atoms in total. The van der Waals surface area contributed by atoms with Crippen LogP contribution in [-0.2, 0) is 9.47 Å². The van der Waals surface area contributed by atoms with E-state index in [9.17, 15) is 5.11 Å². The average Bonchev–Trinajstić information content (AvgIpc) is 2.42. The van der Waals surface area contributed by atoms with E-state index in [1.807, 2.05) is 0 Å². The van der Waals surface area contributed by atoms with Gasteiger partial charge < -0.3 is 25.0 Å². The number of hydrogen-bond acceptors (Lipinski definition) is 5. The van der Waals surface area contributed by atoms with Crippen molar-refractivity contribution in [1.29, 1.82) is 0 Å². The Morgan fingerprint density at radius 1 is 1.26 bits per heavy atom. The number of rotatable bonds is 10. The molecule has 0 amide bonds. The van der Waals surface area contributed by atoms with Crippen LogP contribution in [0.25, 0.3) is 0 Å². The summed E-state index contributed by atoms with van der Waals surface area (Å²) in [5.41, 5.74) is 0. The molecule has 5 heteroatoms. The first kappa shape index (κ1) is 16.9. The second-order valence-electron chi connectivity index (χ2n) is 5.33. The van der Waals surface area contributed by atoms with Crippen LogP contribution in [0.5, 0.6) is 0 Å². The molecule has 0 aromatic heterocycles. The van der Waals surface area contributed by atoms with Crippen molar-refractivity contribution in [3.8, 4) is 0 Å². The molecule has 0 heterocycles. The molecule has 1 rings (SSSR count). The lowest BCUT2D eigenvalue weighted by Gasteiger charge is -2.29. The largest absolute Gasteiger partial charge is 0.394 e. The van der Waals surface area contributed by atoms with Crippen LogP contribution in [-0.4, -0.2) is 61.9 Å². The third-order valence-electron chi connectivity index (χ3n) is 3.57. The van der Waals surface area contributed by atoms with Crippen molar-refractivity contribution < 1.29 is 19.7 Å². The lowest BCUT2D eigenvalue weighted by atomic mass is 9.88. The molecule has 1 aliphatic rings. The van der Waals surface area contributed by atoms with E-state index in [0.29, 0.717) is 44.9 Å². The van der Waals surface area contributed by atoms with Gasteiger partial charge >= 0.3 is 0 Å². The molecule has 1 saturated carbocycles. The summed E-state index contributed by atoms with van der Waals surface area (Å²) in [5, 5.41) is 21.4.